The normalized spacial score (nSPS) is 21.1. The van der Waals surface area contributed by atoms with Gasteiger partial charge in [0, 0.05) is 11.5 Å². The Morgan fingerprint density at radius 2 is 2.05 bits per heavy atom. The molecule has 0 bridgehead atoms. The molecular weight excluding hydrogens is 308 g/mol. The molecule has 0 amide bonds. The second kappa shape index (κ2) is 6.31. The summed E-state index contributed by atoms with van der Waals surface area (Å²) in [6.07, 6.45) is 7.69. The SMILES string of the molecule is CC1(N)C=Cc2ccc(CSCCS(=O)(=O)O)nc2C=C1. The highest BCUT2D eigenvalue weighted by atomic mass is 32.2. The largest absolute Gasteiger partial charge is 0.319 e. The number of rotatable bonds is 5. The van der Waals surface area contributed by atoms with Crippen LogP contribution >= 0.6 is 11.8 Å². The Bertz CT molecular complexity index is 679. The highest BCUT2D eigenvalue weighted by Gasteiger charge is 2.13. The zero-order chi connectivity index (χ0) is 15.5. The van der Waals surface area contributed by atoms with E-state index in [0.717, 1.165) is 17.0 Å². The number of fused-ring (bicyclic) bond motifs is 1. The number of nitrogens with two attached hydrogens (primary N) is 1. The van der Waals surface area contributed by atoms with E-state index in [4.69, 9.17) is 10.3 Å². The molecule has 0 fully saturated rings. The first-order valence-electron chi connectivity index (χ1n) is 6.45. The van der Waals surface area contributed by atoms with Gasteiger partial charge >= 0.3 is 0 Å². The van der Waals surface area contributed by atoms with Crippen LogP contribution in [0.15, 0.2) is 24.3 Å². The maximum Gasteiger partial charge on any atom is 0.265 e. The van der Waals surface area contributed by atoms with Gasteiger partial charge in [0.05, 0.1) is 22.7 Å². The van der Waals surface area contributed by atoms with Crippen molar-refractivity contribution in [3.63, 3.8) is 0 Å². The van der Waals surface area contributed by atoms with Crippen LogP contribution in [0.1, 0.15) is 23.9 Å². The van der Waals surface area contributed by atoms with Crippen LogP contribution in [0.5, 0.6) is 0 Å². The molecule has 1 unspecified atom stereocenters. The average Bonchev–Trinajstić information content (AvgIpc) is 2.53. The zero-order valence-electron chi connectivity index (χ0n) is 11.7. The van der Waals surface area contributed by atoms with Crippen LogP contribution in [0, 0.1) is 0 Å². The quantitative estimate of drug-likeness (QED) is 0.634. The third kappa shape index (κ3) is 5.28. The summed E-state index contributed by atoms with van der Waals surface area (Å²) in [4.78, 5) is 4.55. The predicted octanol–water partition coefficient (Wildman–Crippen LogP) is 1.96. The van der Waals surface area contributed by atoms with Gasteiger partial charge in [-0.3, -0.25) is 9.54 Å². The van der Waals surface area contributed by atoms with E-state index in [0.29, 0.717) is 11.5 Å². The van der Waals surface area contributed by atoms with Gasteiger partial charge in [-0.1, -0.05) is 24.3 Å². The fraction of sp³-hybridized carbons (Fsp3) is 0.357. The van der Waals surface area contributed by atoms with E-state index >= 15 is 0 Å². The Balaban J connectivity index is 2.02. The van der Waals surface area contributed by atoms with E-state index < -0.39 is 15.7 Å². The molecule has 1 aliphatic carbocycles. The summed E-state index contributed by atoms with van der Waals surface area (Å²) in [7, 11) is -3.89. The highest BCUT2D eigenvalue weighted by molar-refractivity contribution is 7.99. The lowest BCUT2D eigenvalue weighted by atomic mass is 10.0. The molecule has 1 aromatic rings. The first kappa shape index (κ1) is 16.2. The minimum Gasteiger partial charge on any atom is -0.319 e. The second-order valence-corrected chi connectivity index (χ2v) is 7.83. The van der Waals surface area contributed by atoms with Crippen LogP contribution in [0.2, 0.25) is 0 Å². The molecular formula is C14H18N2O3S2. The number of hydrogen-bond acceptors (Lipinski definition) is 5. The lowest BCUT2D eigenvalue weighted by Crippen LogP contribution is -2.29. The van der Waals surface area contributed by atoms with Crippen LogP contribution in [0.25, 0.3) is 12.2 Å². The molecule has 1 heterocycles. The van der Waals surface area contributed by atoms with Crippen molar-refractivity contribution in [3.8, 4) is 0 Å². The Labute approximate surface area is 129 Å². The molecule has 0 saturated carbocycles. The van der Waals surface area contributed by atoms with E-state index in [1.54, 1.807) is 0 Å². The minimum absolute atomic E-state index is 0.239. The van der Waals surface area contributed by atoms with Gasteiger partial charge in [0.25, 0.3) is 10.1 Å². The number of thioether (sulfide) groups is 1. The Hall–Kier alpha value is -1.15. The van der Waals surface area contributed by atoms with E-state index in [9.17, 15) is 8.42 Å². The number of nitrogens with zero attached hydrogens (tertiary/aromatic N) is 1. The van der Waals surface area contributed by atoms with Crippen LogP contribution in [-0.4, -0.2) is 35.0 Å². The molecule has 0 aliphatic heterocycles. The topological polar surface area (TPSA) is 93.3 Å². The van der Waals surface area contributed by atoms with Crippen LogP contribution in [-0.2, 0) is 15.9 Å². The van der Waals surface area contributed by atoms with E-state index in [1.807, 2.05) is 43.4 Å². The van der Waals surface area contributed by atoms with E-state index in [-0.39, 0.29) is 5.75 Å². The molecule has 1 atom stereocenters. The maximum atomic E-state index is 10.6. The van der Waals surface area contributed by atoms with Crippen molar-refractivity contribution in [1.82, 2.24) is 4.98 Å². The van der Waals surface area contributed by atoms with Gasteiger partial charge in [0.2, 0.25) is 0 Å². The number of hydrogen-bond donors (Lipinski definition) is 2. The third-order valence-electron chi connectivity index (χ3n) is 2.97. The molecule has 21 heavy (non-hydrogen) atoms. The summed E-state index contributed by atoms with van der Waals surface area (Å²) in [6, 6.07) is 3.89. The second-order valence-electron chi connectivity index (χ2n) is 5.15. The van der Waals surface area contributed by atoms with Crippen LogP contribution in [0.3, 0.4) is 0 Å². The average molecular weight is 326 g/mol. The lowest BCUT2D eigenvalue weighted by molar-refractivity contribution is 0.485. The van der Waals surface area contributed by atoms with Crippen molar-refractivity contribution < 1.29 is 13.0 Å². The Morgan fingerprint density at radius 3 is 2.76 bits per heavy atom. The molecule has 114 valence electrons. The zero-order valence-corrected chi connectivity index (χ0v) is 13.3. The summed E-state index contributed by atoms with van der Waals surface area (Å²) in [6.45, 7) is 1.91. The molecule has 0 saturated heterocycles. The summed E-state index contributed by atoms with van der Waals surface area (Å²) >= 11 is 1.42. The first-order valence-corrected chi connectivity index (χ1v) is 9.22. The Morgan fingerprint density at radius 1 is 1.33 bits per heavy atom. The molecule has 5 nitrogen and oxygen atoms in total. The molecule has 0 aromatic carbocycles. The first-order chi connectivity index (χ1) is 9.75. The van der Waals surface area contributed by atoms with E-state index in [2.05, 4.69) is 4.98 Å². The van der Waals surface area contributed by atoms with Crippen molar-refractivity contribution in [1.29, 1.82) is 0 Å². The Kier molecular flexibility index (Phi) is 4.88. The molecule has 0 spiro atoms. The van der Waals surface area contributed by atoms with Crippen molar-refractivity contribution in [3.05, 3.63) is 41.2 Å². The van der Waals surface area contributed by atoms with Gasteiger partial charge in [-0.15, -0.1) is 0 Å². The fourth-order valence-electron chi connectivity index (χ4n) is 1.81. The highest BCUT2D eigenvalue weighted by Crippen LogP contribution is 2.21. The number of pyridine rings is 1. The molecule has 1 aliphatic rings. The fourth-order valence-corrected chi connectivity index (χ4v) is 3.64. The van der Waals surface area contributed by atoms with Crippen LogP contribution in [0.4, 0.5) is 0 Å². The van der Waals surface area contributed by atoms with Gasteiger partial charge in [-0.05, 0) is 24.6 Å². The predicted molar refractivity (Wildman–Crippen MR) is 87.5 cm³/mol. The van der Waals surface area contributed by atoms with Crippen LogP contribution < -0.4 is 5.73 Å². The van der Waals surface area contributed by atoms with Crippen molar-refractivity contribution in [2.45, 2.75) is 18.2 Å². The molecule has 0 radical (unpaired) electrons. The maximum absolute atomic E-state index is 10.6. The third-order valence-corrected chi connectivity index (χ3v) is 4.94. The van der Waals surface area contributed by atoms with Crippen molar-refractivity contribution >= 4 is 34.0 Å². The van der Waals surface area contributed by atoms with Gasteiger partial charge in [-0.2, -0.15) is 20.2 Å². The van der Waals surface area contributed by atoms with E-state index in [1.165, 1.54) is 11.8 Å². The lowest BCUT2D eigenvalue weighted by Gasteiger charge is -2.12. The molecule has 2 rings (SSSR count). The van der Waals surface area contributed by atoms with Crippen molar-refractivity contribution in [2.24, 2.45) is 5.73 Å². The van der Waals surface area contributed by atoms with Gasteiger partial charge in [-0.25, -0.2) is 0 Å². The summed E-state index contributed by atoms with van der Waals surface area (Å²) in [5.74, 6) is 0.700. The summed E-state index contributed by atoms with van der Waals surface area (Å²) in [5, 5.41) is 0. The summed E-state index contributed by atoms with van der Waals surface area (Å²) in [5.41, 5.74) is 8.30. The smallest absolute Gasteiger partial charge is 0.265 e. The van der Waals surface area contributed by atoms with Gasteiger partial charge in [0.15, 0.2) is 0 Å². The summed E-state index contributed by atoms with van der Waals surface area (Å²) < 4.78 is 29.9. The molecule has 7 heteroatoms. The molecule has 3 N–H and O–H groups in total. The monoisotopic (exact) mass is 326 g/mol. The standard InChI is InChI=1S/C14H18N2O3S2/c1-14(15)6-4-11-2-3-12(16-13(11)5-7-14)10-20-8-9-21(17,18)19/h2-7H,8-10,15H2,1H3,(H,17,18,19). The van der Waals surface area contributed by atoms with Gasteiger partial charge < -0.3 is 5.73 Å². The number of aromatic nitrogens is 1. The van der Waals surface area contributed by atoms with Gasteiger partial charge in [0.1, 0.15) is 0 Å². The van der Waals surface area contributed by atoms with Crippen molar-refractivity contribution in [2.75, 3.05) is 11.5 Å². The minimum atomic E-state index is -3.89. The molecule has 1 aromatic heterocycles.